The number of carbonyl (C=O) groups is 1. The standard InChI is InChI=1S/C21H25ClN2O3/c1-26-18-9-7-15(8-10-18)12-23-17-11-20(21(25)27-2)24(14-17)13-16-5-3-4-6-19(16)22/h3-10,17,20,23H,11-14H2,1-2H3/t17-,20-/m0/s1. The third-order valence-electron chi connectivity index (χ3n) is 4.96. The van der Waals surface area contributed by atoms with Gasteiger partial charge in [0.1, 0.15) is 11.8 Å². The lowest BCUT2D eigenvalue weighted by Crippen LogP contribution is -2.36. The first-order valence-corrected chi connectivity index (χ1v) is 9.40. The van der Waals surface area contributed by atoms with E-state index in [1.165, 1.54) is 12.7 Å². The molecule has 2 aromatic carbocycles. The number of rotatable bonds is 7. The number of carbonyl (C=O) groups excluding carboxylic acids is 1. The summed E-state index contributed by atoms with van der Waals surface area (Å²) in [6.45, 7) is 2.13. The molecule has 0 bridgehead atoms. The van der Waals surface area contributed by atoms with Crippen LogP contribution in [0.4, 0.5) is 0 Å². The maximum Gasteiger partial charge on any atom is 0.323 e. The minimum Gasteiger partial charge on any atom is -0.497 e. The average molecular weight is 389 g/mol. The van der Waals surface area contributed by atoms with E-state index >= 15 is 0 Å². The van der Waals surface area contributed by atoms with E-state index in [2.05, 4.69) is 10.2 Å². The van der Waals surface area contributed by atoms with Gasteiger partial charge < -0.3 is 14.8 Å². The Hall–Kier alpha value is -2.08. The van der Waals surface area contributed by atoms with Crippen LogP contribution < -0.4 is 10.1 Å². The minimum atomic E-state index is -0.264. The molecule has 1 N–H and O–H groups in total. The van der Waals surface area contributed by atoms with Gasteiger partial charge in [0.25, 0.3) is 0 Å². The van der Waals surface area contributed by atoms with Crippen LogP contribution in [0.25, 0.3) is 0 Å². The zero-order chi connectivity index (χ0) is 19.2. The number of benzene rings is 2. The van der Waals surface area contributed by atoms with Crippen molar-refractivity contribution >= 4 is 17.6 Å². The van der Waals surface area contributed by atoms with E-state index < -0.39 is 0 Å². The first-order chi connectivity index (χ1) is 13.1. The Morgan fingerprint density at radius 1 is 1.19 bits per heavy atom. The van der Waals surface area contributed by atoms with E-state index in [0.717, 1.165) is 29.4 Å². The number of methoxy groups -OCH3 is 2. The van der Waals surface area contributed by atoms with Gasteiger partial charge in [-0.3, -0.25) is 9.69 Å². The van der Waals surface area contributed by atoms with E-state index in [0.29, 0.717) is 13.0 Å². The van der Waals surface area contributed by atoms with Crippen LogP contribution in [0.5, 0.6) is 5.75 Å². The highest BCUT2D eigenvalue weighted by molar-refractivity contribution is 6.31. The molecule has 0 radical (unpaired) electrons. The molecular weight excluding hydrogens is 364 g/mol. The fourth-order valence-electron chi connectivity index (χ4n) is 3.46. The first kappa shape index (κ1) is 19.7. The molecule has 3 rings (SSSR count). The van der Waals surface area contributed by atoms with Crippen molar-refractivity contribution in [3.05, 3.63) is 64.7 Å². The Balaban J connectivity index is 1.63. The molecule has 0 aromatic heterocycles. The quantitative estimate of drug-likeness (QED) is 0.738. The van der Waals surface area contributed by atoms with Crippen molar-refractivity contribution in [3.8, 4) is 5.75 Å². The van der Waals surface area contributed by atoms with Gasteiger partial charge in [0, 0.05) is 30.7 Å². The Labute approximate surface area is 165 Å². The van der Waals surface area contributed by atoms with E-state index in [4.69, 9.17) is 21.1 Å². The second kappa shape index (κ2) is 9.22. The van der Waals surface area contributed by atoms with Gasteiger partial charge in [-0.15, -0.1) is 0 Å². The molecule has 27 heavy (non-hydrogen) atoms. The maximum atomic E-state index is 12.3. The lowest BCUT2D eigenvalue weighted by molar-refractivity contribution is -0.146. The summed E-state index contributed by atoms with van der Waals surface area (Å²) in [7, 11) is 3.10. The molecule has 6 heteroatoms. The van der Waals surface area contributed by atoms with Gasteiger partial charge in [0.05, 0.1) is 14.2 Å². The van der Waals surface area contributed by atoms with Crippen molar-refractivity contribution in [2.75, 3.05) is 20.8 Å². The van der Waals surface area contributed by atoms with E-state index in [9.17, 15) is 4.79 Å². The predicted octanol–water partition coefficient (Wildman–Crippen LogP) is 3.25. The van der Waals surface area contributed by atoms with Crippen LogP contribution >= 0.6 is 11.6 Å². The van der Waals surface area contributed by atoms with Crippen LogP contribution in [0.1, 0.15) is 17.5 Å². The van der Waals surface area contributed by atoms with Crippen molar-refractivity contribution in [2.24, 2.45) is 0 Å². The number of hydrogen-bond acceptors (Lipinski definition) is 5. The van der Waals surface area contributed by atoms with Gasteiger partial charge >= 0.3 is 5.97 Å². The number of nitrogens with zero attached hydrogens (tertiary/aromatic N) is 1. The SMILES string of the molecule is COC(=O)[C@@H]1C[C@H](NCc2ccc(OC)cc2)CN1Cc1ccccc1Cl. The highest BCUT2D eigenvalue weighted by Gasteiger charge is 2.37. The zero-order valence-electron chi connectivity index (χ0n) is 15.7. The second-order valence-corrected chi connectivity index (χ2v) is 7.13. The summed E-state index contributed by atoms with van der Waals surface area (Å²) >= 11 is 6.30. The molecule has 1 aliphatic heterocycles. The molecule has 0 saturated carbocycles. The third kappa shape index (κ3) is 5.01. The molecule has 144 valence electrons. The second-order valence-electron chi connectivity index (χ2n) is 6.72. The Morgan fingerprint density at radius 2 is 1.93 bits per heavy atom. The van der Waals surface area contributed by atoms with Crippen LogP contribution in [0.2, 0.25) is 5.02 Å². The van der Waals surface area contributed by atoms with Crippen molar-refractivity contribution < 1.29 is 14.3 Å². The van der Waals surface area contributed by atoms with Crippen molar-refractivity contribution in [1.29, 1.82) is 0 Å². The third-order valence-corrected chi connectivity index (χ3v) is 5.33. The van der Waals surface area contributed by atoms with E-state index in [1.54, 1.807) is 7.11 Å². The number of hydrogen-bond donors (Lipinski definition) is 1. The molecule has 1 aliphatic rings. The van der Waals surface area contributed by atoms with Crippen LogP contribution in [0, 0.1) is 0 Å². The molecule has 5 nitrogen and oxygen atoms in total. The summed E-state index contributed by atoms with van der Waals surface area (Å²) in [5.41, 5.74) is 2.19. The summed E-state index contributed by atoms with van der Waals surface area (Å²) in [4.78, 5) is 14.4. The smallest absolute Gasteiger partial charge is 0.323 e. The normalized spacial score (nSPS) is 19.8. The fourth-order valence-corrected chi connectivity index (χ4v) is 3.65. The summed E-state index contributed by atoms with van der Waals surface area (Å²) in [6.07, 6.45) is 0.716. The Kier molecular flexibility index (Phi) is 6.72. The van der Waals surface area contributed by atoms with Crippen LogP contribution in [0.3, 0.4) is 0 Å². The summed E-state index contributed by atoms with van der Waals surface area (Å²) in [6, 6.07) is 15.7. The maximum absolute atomic E-state index is 12.3. The number of ether oxygens (including phenoxy) is 2. The van der Waals surface area contributed by atoms with Gasteiger partial charge in [-0.2, -0.15) is 0 Å². The molecule has 0 spiro atoms. The highest BCUT2D eigenvalue weighted by atomic mass is 35.5. The van der Waals surface area contributed by atoms with E-state index in [1.807, 2.05) is 48.5 Å². The largest absolute Gasteiger partial charge is 0.497 e. The molecule has 2 atom stereocenters. The fraction of sp³-hybridized carbons (Fsp3) is 0.381. The number of nitrogens with one attached hydrogen (secondary N) is 1. The van der Waals surface area contributed by atoms with E-state index in [-0.39, 0.29) is 18.1 Å². The van der Waals surface area contributed by atoms with Crippen LogP contribution in [0.15, 0.2) is 48.5 Å². The highest BCUT2D eigenvalue weighted by Crippen LogP contribution is 2.25. The molecule has 1 saturated heterocycles. The molecule has 0 aliphatic carbocycles. The van der Waals surface area contributed by atoms with Gasteiger partial charge in [0.2, 0.25) is 0 Å². The van der Waals surface area contributed by atoms with Gasteiger partial charge in [0.15, 0.2) is 0 Å². The summed E-state index contributed by atoms with van der Waals surface area (Å²) < 4.78 is 10.2. The molecule has 0 unspecified atom stereocenters. The van der Waals surface area contributed by atoms with Crippen molar-refractivity contribution in [1.82, 2.24) is 10.2 Å². The van der Waals surface area contributed by atoms with Crippen LogP contribution in [-0.4, -0.2) is 43.7 Å². The topological polar surface area (TPSA) is 50.8 Å². The lowest BCUT2D eigenvalue weighted by atomic mass is 10.1. The molecular formula is C21H25ClN2O3. The van der Waals surface area contributed by atoms with Gasteiger partial charge in [-0.1, -0.05) is 41.9 Å². The average Bonchev–Trinajstić information content (AvgIpc) is 3.10. The zero-order valence-corrected chi connectivity index (χ0v) is 16.4. The Morgan fingerprint density at radius 3 is 2.59 bits per heavy atom. The Bertz CT molecular complexity index is 766. The summed E-state index contributed by atoms with van der Waals surface area (Å²) in [5, 5.41) is 4.27. The molecule has 0 amide bonds. The van der Waals surface area contributed by atoms with Gasteiger partial charge in [-0.25, -0.2) is 0 Å². The van der Waals surface area contributed by atoms with Crippen LogP contribution in [-0.2, 0) is 22.6 Å². The predicted molar refractivity (Wildman–Crippen MR) is 106 cm³/mol. The van der Waals surface area contributed by atoms with Gasteiger partial charge in [-0.05, 0) is 35.7 Å². The minimum absolute atomic E-state index is 0.198. The molecule has 2 aromatic rings. The molecule has 1 fully saturated rings. The number of likely N-dealkylation sites (tertiary alicyclic amines) is 1. The number of esters is 1. The number of halogens is 1. The van der Waals surface area contributed by atoms with Crippen molar-refractivity contribution in [2.45, 2.75) is 31.6 Å². The van der Waals surface area contributed by atoms with Crippen molar-refractivity contribution in [3.63, 3.8) is 0 Å². The molecule has 1 heterocycles. The first-order valence-electron chi connectivity index (χ1n) is 9.02. The lowest BCUT2D eigenvalue weighted by Gasteiger charge is -2.22. The monoisotopic (exact) mass is 388 g/mol. The summed E-state index contributed by atoms with van der Waals surface area (Å²) in [5.74, 6) is 0.645.